The van der Waals surface area contributed by atoms with Crippen LogP contribution in [0.15, 0.2) is 18.2 Å². The maximum Gasteiger partial charge on any atom is 0.227 e. The molecule has 1 aliphatic heterocycles. The Morgan fingerprint density at radius 2 is 2.10 bits per heavy atom. The third-order valence-electron chi connectivity index (χ3n) is 4.27. The Balaban J connectivity index is 1.73. The molecule has 0 bridgehead atoms. The van der Waals surface area contributed by atoms with Crippen LogP contribution in [-0.2, 0) is 11.3 Å². The van der Waals surface area contributed by atoms with E-state index in [9.17, 15) is 13.6 Å². The van der Waals surface area contributed by atoms with E-state index in [-0.39, 0.29) is 24.4 Å². The summed E-state index contributed by atoms with van der Waals surface area (Å²) in [6, 6.07) is 3.79. The molecule has 1 saturated heterocycles. The molecular weight excluding hydrogens is 274 g/mol. The number of benzene rings is 1. The summed E-state index contributed by atoms with van der Waals surface area (Å²) in [6.07, 6.45) is 3.85. The smallest absolute Gasteiger partial charge is 0.227 e. The first kappa shape index (κ1) is 14.4. The van der Waals surface area contributed by atoms with Gasteiger partial charge in [-0.3, -0.25) is 4.79 Å². The van der Waals surface area contributed by atoms with E-state index in [1.807, 2.05) is 0 Å². The van der Waals surface area contributed by atoms with Gasteiger partial charge < -0.3 is 10.2 Å². The molecule has 1 aromatic carbocycles. The molecule has 1 aromatic rings. The fraction of sp³-hybridized carbons (Fsp3) is 0.562. The highest BCUT2D eigenvalue weighted by Crippen LogP contribution is 2.31. The monoisotopic (exact) mass is 294 g/mol. The van der Waals surface area contributed by atoms with E-state index in [1.165, 1.54) is 12.1 Å². The average molecular weight is 294 g/mol. The Labute approximate surface area is 123 Å². The first-order valence-electron chi connectivity index (χ1n) is 7.60. The third-order valence-corrected chi connectivity index (χ3v) is 4.27. The van der Waals surface area contributed by atoms with Crippen molar-refractivity contribution in [1.29, 1.82) is 0 Å². The molecular formula is C16H20F2N2O. The first-order chi connectivity index (χ1) is 10.1. The maximum atomic E-state index is 13.8. The number of nitrogens with one attached hydrogen (secondary N) is 1. The molecule has 0 spiro atoms. The number of piperidine rings is 1. The zero-order valence-electron chi connectivity index (χ0n) is 11.9. The van der Waals surface area contributed by atoms with Gasteiger partial charge in [0.15, 0.2) is 0 Å². The quantitative estimate of drug-likeness (QED) is 0.925. The van der Waals surface area contributed by atoms with Crippen molar-refractivity contribution in [2.45, 2.75) is 38.3 Å². The van der Waals surface area contributed by atoms with Gasteiger partial charge in [-0.1, -0.05) is 6.07 Å². The molecule has 114 valence electrons. The molecule has 1 heterocycles. The SMILES string of the molecule is O=C([C@H]1CCCNC1)N(Cc1ccc(F)cc1F)C1CC1. The highest BCUT2D eigenvalue weighted by molar-refractivity contribution is 5.79. The fourth-order valence-electron chi connectivity index (χ4n) is 2.90. The van der Waals surface area contributed by atoms with Gasteiger partial charge in [-0.2, -0.15) is 0 Å². The molecule has 2 aliphatic rings. The van der Waals surface area contributed by atoms with Crippen LogP contribution in [-0.4, -0.2) is 29.9 Å². The van der Waals surface area contributed by atoms with Crippen LogP contribution in [0.3, 0.4) is 0 Å². The number of nitrogens with zero attached hydrogens (tertiary/aromatic N) is 1. The standard InChI is InChI=1S/C16H20F2N2O/c17-13-4-3-12(15(18)8-13)10-20(14-5-6-14)16(21)11-2-1-7-19-9-11/h3-4,8,11,14,19H,1-2,5-7,9-10H2/t11-/m0/s1. The summed E-state index contributed by atoms with van der Waals surface area (Å²) in [7, 11) is 0. The highest BCUT2D eigenvalue weighted by atomic mass is 19.1. The molecule has 0 radical (unpaired) electrons. The van der Waals surface area contributed by atoms with Gasteiger partial charge in [0.1, 0.15) is 11.6 Å². The normalized spacial score (nSPS) is 22.1. The van der Waals surface area contributed by atoms with Gasteiger partial charge in [-0.15, -0.1) is 0 Å². The predicted octanol–water partition coefficient (Wildman–Crippen LogP) is 2.46. The second kappa shape index (κ2) is 6.10. The largest absolute Gasteiger partial charge is 0.335 e. The van der Waals surface area contributed by atoms with Gasteiger partial charge in [0.2, 0.25) is 5.91 Å². The van der Waals surface area contributed by atoms with Gasteiger partial charge in [-0.25, -0.2) is 8.78 Å². The Bertz CT molecular complexity index is 525. The summed E-state index contributed by atoms with van der Waals surface area (Å²) in [6.45, 7) is 1.90. The lowest BCUT2D eigenvalue weighted by molar-refractivity contribution is -0.137. The summed E-state index contributed by atoms with van der Waals surface area (Å²) >= 11 is 0. The first-order valence-corrected chi connectivity index (χ1v) is 7.60. The number of amides is 1. The van der Waals surface area contributed by atoms with E-state index >= 15 is 0 Å². The summed E-state index contributed by atoms with van der Waals surface area (Å²) in [5.74, 6) is -1.07. The lowest BCUT2D eigenvalue weighted by atomic mass is 9.97. The Hall–Kier alpha value is -1.49. The van der Waals surface area contributed by atoms with Crippen molar-refractivity contribution in [3.05, 3.63) is 35.4 Å². The molecule has 3 rings (SSSR count). The van der Waals surface area contributed by atoms with E-state index in [0.717, 1.165) is 38.3 Å². The van der Waals surface area contributed by atoms with Gasteiger partial charge >= 0.3 is 0 Å². The van der Waals surface area contributed by atoms with Crippen molar-refractivity contribution < 1.29 is 13.6 Å². The van der Waals surface area contributed by atoms with Crippen molar-refractivity contribution in [3.63, 3.8) is 0 Å². The number of hydrogen-bond acceptors (Lipinski definition) is 2. The number of hydrogen-bond donors (Lipinski definition) is 1. The number of carbonyl (C=O) groups excluding carboxylic acids is 1. The predicted molar refractivity (Wildman–Crippen MR) is 75.5 cm³/mol. The molecule has 5 heteroatoms. The van der Waals surface area contributed by atoms with E-state index in [4.69, 9.17) is 0 Å². The van der Waals surface area contributed by atoms with E-state index in [2.05, 4.69) is 5.32 Å². The van der Waals surface area contributed by atoms with Crippen molar-refractivity contribution in [2.24, 2.45) is 5.92 Å². The highest BCUT2D eigenvalue weighted by Gasteiger charge is 2.36. The van der Waals surface area contributed by atoms with Crippen LogP contribution in [0.5, 0.6) is 0 Å². The molecule has 21 heavy (non-hydrogen) atoms. The molecule has 1 amide bonds. The molecule has 0 unspecified atom stereocenters. The van der Waals surface area contributed by atoms with Crippen LogP contribution in [0.1, 0.15) is 31.2 Å². The van der Waals surface area contributed by atoms with Crippen LogP contribution in [0, 0.1) is 17.6 Å². The lowest BCUT2D eigenvalue weighted by Crippen LogP contribution is -2.43. The second-order valence-electron chi connectivity index (χ2n) is 5.98. The Kier molecular flexibility index (Phi) is 4.19. The molecule has 0 aromatic heterocycles. The fourth-order valence-corrected chi connectivity index (χ4v) is 2.90. The third kappa shape index (κ3) is 3.40. The second-order valence-corrected chi connectivity index (χ2v) is 5.98. The van der Waals surface area contributed by atoms with Crippen LogP contribution in [0.25, 0.3) is 0 Å². The minimum atomic E-state index is -0.586. The number of rotatable bonds is 4. The van der Waals surface area contributed by atoms with Gasteiger partial charge in [0, 0.05) is 30.8 Å². The van der Waals surface area contributed by atoms with Crippen LogP contribution in [0.4, 0.5) is 8.78 Å². The van der Waals surface area contributed by atoms with Crippen molar-refractivity contribution in [3.8, 4) is 0 Å². The number of halogens is 2. The summed E-state index contributed by atoms with van der Waals surface area (Å²) in [4.78, 5) is 14.4. The van der Waals surface area contributed by atoms with Gasteiger partial charge in [-0.05, 0) is 38.3 Å². The molecule has 1 N–H and O–H groups in total. The topological polar surface area (TPSA) is 32.3 Å². The average Bonchev–Trinajstić information content (AvgIpc) is 3.31. The van der Waals surface area contributed by atoms with Crippen molar-refractivity contribution in [2.75, 3.05) is 13.1 Å². The molecule has 2 fully saturated rings. The molecule has 1 atom stereocenters. The molecule has 1 aliphatic carbocycles. The molecule has 3 nitrogen and oxygen atoms in total. The van der Waals surface area contributed by atoms with Crippen molar-refractivity contribution in [1.82, 2.24) is 10.2 Å². The van der Waals surface area contributed by atoms with E-state index in [1.54, 1.807) is 4.90 Å². The molecule has 1 saturated carbocycles. The van der Waals surface area contributed by atoms with Crippen LogP contribution >= 0.6 is 0 Å². The minimum Gasteiger partial charge on any atom is -0.335 e. The van der Waals surface area contributed by atoms with Crippen molar-refractivity contribution >= 4 is 5.91 Å². The van der Waals surface area contributed by atoms with Gasteiger partial charge in [0.25, 0.3) is 0 Å². The Morgan fingerprint density at radius 3 is 2.71 bits per heavy atom. The van der Waals surface area contributed by atoms with Crippen LogP contribution < -0.4 is 5.32 Å². The lowest BCUT2D eigenvalue weighted by Gasteiger charge is -2.30. The van der Waals surface area contributed by atoms with E-state index < -0.39 is 11.6 Å². The Morgan fingerprint density at radius 1 is 1.29 bits per heavy atom. The summed E-state index contributed by atoms with van der Waals surface area (Å²) in [5.41, 5.74) is 0.389. The van der Waals surface area contributed by atoms with E-state index in [0.29, 0.717) is 12.1 Å². The van der Waals surface area contributed by atoms with Crippen LogP contribution in [0.2, 0.25) is 0 Å². The minimum absolute atomic E-state index is 0.0112. The summed E-state index contributed by atoms with van der Waals surface area (Å²) in [5, 5.41) is 3.24. The summed E-state index contributed by atoms with van der Waals surface area (Å²) < 4.78 is 26.8. The zero-order chi connectivity index (χ0) is 14.8. The number of carbonyl (C=O) groups is 1. The maximum absolute atomic E-state index is 13.8. The van der Waals surface area contributed by atoms with Gasteiger partial charge in [0.05, 0.1) is 5.92 Å². The zero-order valence-corrected chi connectivity index (χ0v) is 11.9.